The second kappa shape index (κ2) is 7.90. The molecule has 1 aliphatic heterocycles. The van der Waals surface area contributed by atoms with E-state index in [4.69, 9.17) is 9.47 Å². The van der Waals surface area contributed by atoms with E-state index in [0.717, 1.165) is 40.0 Å². The number of aromatic amines is 1. The number of carbonyl (C=O) groups is 1. The van der Waals surface area contributed by atoms with Crippen molar-refractivity contribution in [2.75, 3.05) is 6.54 Å². The lowest BCUT2D eigenvalue weighted by molar-refractivity contribution is -0.140. The Kier molecular flexibility index (Phi) is 5.29. The number of hydrogen-bond acceptors (Lipinski definition) is 4. The van der Waals surface area contributed by atoms with Gasteiger partial charge in [-0.15, -0.1) is 0 Å². The molecule has 156 valence electrons. The van der Waals surface area contributed by atoms with Gasteiger partial charge in [0.05, 0.1) is 17.4 Å². The van der Waals surface area contributed by atoms with Crippen LogP contribution in [0, 0.1) is 0 Å². The maximum atomic E-state index is 12.8. The van der Waals surface area contributed by atoms with E-state index in [1.54, 1.807) is 6.20 Å². The van der Waals surface area contributed by atoms with Crippen LogP contribution in [0.4, 0.5) is 0 Å². The van der Waals surface area contributed by atoms with Gasteiger partial charge in [-0.3, -0.25) is 0 Å². The molecule has 30 heavy (non-hydrogen) atoms. The summed E-state index contributed by atoms with van der Waals surface area (Å²) in [4.78, 5) is 16.2. The second-order valence-electron chi connectivity index (χ2n) is 8.63. The van der Waals surface area contributed by atoms with Gasteiger partial charge in [0.1, 0.15) is 12.4 Å². The Hall–Kier alpha value is -3.21. The van der Waals surface area contributed by atoms with Gasteiger partial charge in [0.15, 0.2) is 0 Å². The fourth-order valence-electron chi connectivity index (χ4n) is 3.92. The minimum Gasteiger partial charge on any atom is -0.489 e. The van der Waals surface area contributed by atoms with Crippen LogP contribution in [0.5, 0.6) is 5.75 Å². The molecule has 2 heterocycles. The molecule has 0 saturated carbocycles. The highest BCUT2D eigenvalue weighted by Crippen LogP contribution is 2.39. The molecule has 1 aromatic heterocycles. The van der Waals surface area contributed by atoms with Crippen LogP contribution in [0.3, 0.4) is 0 Å². The molecule has 0 unspecified atom stereocenters. The lowest BCUT2D eigenvalue weighted by atomic mass is 9.82. The number of aromatic nitrogens is 1. The first-order chi connectivity index (χ1) is 14.3. The van der Waals surface area contributed by atoms with E-state index >= 15 is 0 Å². The Morgan fingerprint density at radius 2 is 1.90 bits per heavy atom. The lowest BCUT2D eigenvalue weighted by Gasteiger charge is -2.24. The summed E-state index contributed by atoms with van der Waals surface area (Å²) in [5.74, 6) is 0.456. The number of hydrogen-bond donors (Lipinski definition) is 2. The number of carbonyl (C=O) groups excluding carboxylic acids is 1. The maximum absolute atomic E-state index is 12.8. The van der Waals surface area contributed by atoms with Crippen molar-refractivity contribution in [3.05, 3.63) is 71.6 Å². The molecule has 0 fully saturated rings. The Morgan fingerprint density at radius 3 is 2.63 bits per heavy atom. The van der Waals surface area contributed by atoms with Crippen molar-refractivity contribution in [1.29, 1.82) is 0 Å². The average Bonchev–Trinajstić information content (AvgIpc) is 3.03. The molecule has 5 heteroatoms. The summed E-state index contributed by atoms with van der Waals surface area (Å²) < 4.78 is 11.5. The molecule has 5 nitrogen and oxygen atoms in total. The molecule has 0 atom stereocenters. The summed E-state index contributed by atoms with van der Waals surface area (Å²) in [6, 6.07) is 16.2. The molecule has 0 saturated heterocycles. The van der Waals surface area contributed by atoms with Gasteiger partial charge in [0.25, 0.3) is 0 Å². The number of nitrogens with one attached hydrogen (secondary N) is 2. The summed E-state index contributed by atoms with van der Waals surface area (Å²) >= 11 is 0. The SMILES string of the molecule is CC(C)OC(=O)C1=CNCC(C)(C)c2c1[nH]c1cc(OCc3ccccc3)ccc21. The molecule has 0 radical (unpaired) electrons. The topological polar surface area (TPSA) is 63.3 Å². The fraction of sp³-hybridized carbons (Fsp3) is 0.320. The Labute approximate surface area is 177 Å². The van der Waals surface area contributed by atoms with Crippen molar-refractivity contribution in [3.63, 3.8) is 0 Å². The van der Waals surface area contributed by atoms with Gasteiger partial charge in [-0.05, 0) is 37.1 Å². The minimum atomic E-state index is -0.330. The predicted octanol–water partition coefficient (Wildman–Crippen LogP) is 4.92. The molecule has 0 amide bonds. The van der Waals surface area contributed by atoms with Gasteiger partial charge >= 0.3 is 5.97 Å². The monoisotopic (exact) mass is 404 g/mol. The highest BCUT2D eigenvalue weighted by Gasteiger charge is 2.33. The van der Waals surface area contributed by atoms with E-state index in [0.29, 0.717) is 12.2 Å². The lowest BCUT2D eigenvalue weighted by Crippen LogP contribution is -2.29. The maximum Gasteiger partial charge on any atom is 0.342 e. The molecule has 0 bridgehead atoms. The van der Waals surface area contributed by atoms with Crippen LogP contribution >= 0.6 is 0 Å². The van der Waals surface area contributed by atoms with Crippen molar-refractivity contribution in [1.82, 2.24) is 10.3 Å². The highest BCUT2D eigenvalue weighted by atomic mass is 16.5. The van der Waals surface area contributed by atoms with Crippen molar-refractivity contribution in [2.45, 2.75) is 45.8 Å². The van der Waals surface area contributed by atoms with E-state index in [2.05, 4.69) is 30.2 Å². The van der Waals surface area contributed by atoms with E-state index in [-0.39, 0.29) is 17.5 Å². The van der Waals surface area contributed by atoms with Gasteiger partial charge in [-0.1, -0.05) is 44.2 Å². The first kappa shape index (κ1) is 20.1. The van der Waals surface area contributed by atoms with Crippen LogP contribution in [0.15, 0.2) is 54.7 Å². The molecule has 2 N–H and O–H groups in total. The van der Waals surface area contributed by atoms with Crippen molar-refractivity contribution < 1.29 is 14.3 Å². The summed E-state index contributed by atoms with van der Waals surface area (Å²) in [7, 11) is 0. The molecule has 1 aliphatic rings. The quantitative estimate of drug-likeness (QED) is 0.593. The molecule has 3 aromatic rings. The van der Waals surface area contributed by atoms with Crippen molar-refractivity contribution in [3.8, 4) is 5.75 Å². The highest BCUT2D eigenvalue weighted by molar-refractivity contribution is 6.18. The van der Waals surface area contributed by atoms with E-state index in [1.807, 2.05) is 56.3 Å². The summed E-state index contributed by atoms with van der Waals surface area (Å²) in [5.41, 5.74) is 4.34. The predicted molar refractivity (Wildman–Crippen MR) is 119 cm³/mol. The van der Waals surface area contributed by atoms with Crippen LogP contribution in [-0.4, -0.2) is 23.6 Å². The van der Waals surface area contributed by atoms with E-state index in [1.165, 1.54) is 0 Å². The fourth-order valence-corrected chi connectivity index (χ4v) is 3.92. The van der Waals surface area contributed by atoms with Crippen LogP contribution in [0.25, 0.3) is 16.5 Å². The smallest absolute Gasteiger partial charge is 0.342 e. The Balaban J connectivity index is 1.72. The Morgan fingerprint density at radius 1 is 1.13 bits per heavy atom. The zero-order valence-electron chi connectivity index (χ0n) is 17.9. The number of rotatable bonds is 5. The van der Waals surface area contributed by atoms with Crippen LogP contribution in [0.2, 0.25) is 0 Å². The van der Waals surface area contributed by atoms with Crippen molar-refractivity contribution >= 4 is 22.4 Å². The molecular formula is C25H28N2O3. The molecular weight excluding hydrogens is 376 g/mol. The van der Waals surface area contributed by atoms with Crippen LogP contribution < -0.4 is 10.1 Å². The number of fused-ring (bicyclic) bond motifs is 3. The van der Waals surface area contributed by atoms with Gasteiger partial charge in [0, 0.05) is 35.1 Å². The Bertz CT molecular complexity index is 1090. The van der Waals surface area contributed by atoms with Gasteiger partial charge in [0.2, 0.25) is 0 Å². The number of esters is 1. The molecule has 0 aliphatic carbocycles. The first-order valence-corrected chi connectivity index (χ1v) is 10.3. The van der Waals surface area contributed by atoms with E-state index in [9.17, 15) is 4.79 Å². The van der Waals surface area contributed by atoms with Gasteiger partial charge < -0.3 is 19.8 Å². The molecule has 4 rings (SSSR count). The molecule has 2 aromatic carbocycles. The number of ether oxygens (including phenoxy) is 2. The van der Waals surface area contributed by atoms with Crippen LogP contribution in [-0.2, 0) is 21.6 Å². The average molecular weight is 405 g/mol. The van der Waals surface area contributed by atoms with Crippen LogP contribution in [0.1, 0.15) is 44.5 Å². The normalized spacial score (nSPS) is 15.2. The largest absolute Gasteiger partial charge is 0.489 e. The zero-order chi connectivity index (χ0) is 21.3. The summed E-state index contributed by atoms with van der Waals surface area (Å²) in [6.07, 6.45) is 1.58. The first-order valence-electron chi connectivity index (χ1n) is 10.3. The third kappa shape index (κ3) is 3.92. The van der Waals surface area contributed by atoms with Gasteiger partial charge in [-0.2, -0.15) is 0 Å². The standard InChI is InChI=1S/C25H28N2O3/c1-16(2)30-24(28)20-13-26-15-25(3,4)22-19-11-10-18(12-21(19)27-23(20)22)29-14-17-8-6-5-7-9-17/h5-13,16,26-27H,14-15H2,1-4H3. The third-order valence-corrected chi connectivity index (χ3v) is 5.32. The summed E-state index contributed by atoms with van der Waals surface area (Å²) in [6.45, 7) is 9.29. The summed E-state index contributed by atoms with van der Waals surface area (Å²) in [5, 5.41) is 4.37. The number of benzene rings is 2. The van der Waals surface area contributed by atoms with Crippen molar-refractivity contribution in [2.24, 2.45) is 0 Å². The number of H-pyrrole nitrogens is 1. The molecule has 0 spiro atoms. The second-order valence-corrected chi connectivity index (χ2v) is 8.63. The zero-order valence-corrected chi connectivity index (χ0v) is 17.9. The minimum absolute atomic E-state index is 0.170. The van der Waals surface area contributed by atoms with Gasteiger partial charge in [-0.25, -0.2) is 4.79 Å². The third-order valence-electron chi connectivity index (χ3n) is 5.32. The van der Waals surface area contributed by atoms with E-state index < -0.39 is 0 Å².